The van der Waals surface area contributed by atoms with E-state index < -0.39 is 0 Å². The van der Waals surface area contributed by atoms with Gasteiger partial charge in [-0.15, -0.1) is 0 Å². The van der Waals surface area contributed by atoms with Crippen LogP contribution < -0.4 is 15.0 Å². The third-order valence-corrected chi connectivity index (χ3v) is 4.96. The van der Waals surface area contributed by atoms with Crippen LogP contribution in [0.15, 0.2) is 53.5 Å². The van der Waals surface area contributed by atoms with Crippen molar-refractivity contribution in [3.05, 3.63) is 54.1 Å². The van der Waals surface area contributed by atoms with Crippen LogP contribution in [0.25, 0.3) is 0 Å². The molecule has 0 amide bonds. The summed E-state index contributed by atoms with van der Waals surface area (Å²) in [6.45, 7) is 6.92. The number of hydrogen-bond acceptors (Lipinski definition) is 4. The molecule has 1 aliphatic heterocycles. The zero-order chi connectivity index (χ0) is 19.8. The molecule has 2 aromatic rings. The minimum Gasteiger partial charge on any atom is -0.506 e. The van der Waals surface area contributed by atoms with Crippen LogP contribution in [0, 0.1) is 0 Å². The molecule has 6 heteroatoms. The number of para-hydroxylation sites is 3. The summed E-state index contributed by atoms with van der Waals surface area (Å²) < 4.78 is 5.71. The lowest BCUT2D eigenvalue weighted by Crippen LogP contribution is -2.52. The smallest absolute Gasteiger partial charge is 0.193 e. The van der Waals surface area contributed by atoms with E-state index in [9.17, 15) is 5.11 Å². The number of aromatic hydroxyl groups is 1. The van der Waals surface area contributed by atoms with Gasteiger partial charge in [-0.2, -0.15) is 0 Å². The van der Waals surface area contributed by atoms with Crippen LogP contribution in [0.5, 0.6) is 11.5 Å². The Morgan fingerprint density at radius 2 is 1.79 bits per heavy atom. The van der Waals surface area contributed by atoms with E-state index in [4.69, 9.17) is 4.74 Å². The molecule has 1 saturated heterocycles. The third-order valence-electron chi connectivity index (χ3n) is 4.96. The van der Waals surface area contributed by atoms with Crippen molar-refractivity contribution in [2.75, 3.05) is 51.3 Å². The highest BCUT2D eigenvalue weighted by Gasteiger charge is 2.21. The van der Waals surface area contributed by atoms with Gasteiger partial charge in [0, 0.05) is 39.8 Å². The molecule has 1 fully saturated rings. The molecule has 150 valence electrons. The van der Waals surface area contributed by atoms with Crippen molar-refractivity contribution in [1.29, 1.82) is 0 Å². The van der Waals surface area contributed by atoms with Crippen molar-refractivity contribution in [3.63, 3.8) is 0 Å². The first-order chi connectivity index (χ1) is 13.7. The van der Waals surface area contributed by atoms with Crippen LogP contribution in [0.3, 0.4) is 0 Å². The first-order valence-electron chi connectivity index (χ1n) is 9.92. The van der Waals surface area contributed by atoms with Gasteiger partial charge < -0.3 is 25.0 Å². The monoisotopic (exact) mass is 382 g/mol. The maximum Gasteiger partial charge on any atom is 0.193 e. The van der Waals surface area contributed by atoms with Gasteiger partial charge >= 0.3 is 0 Å². The highest BCUT2D eigenvalue weighted by Crippen LogP contribution is 2.27. The Hall–Kier alpha value is -2.89. The number of nitrogens with one attached hydrogen (secondary N) is 1. The van der Waals surface area contributed by atoms with Crippen LogP contribution in [0.4, 0.5) is 5.69 Å². The van der Waals surface area contributed by atoms with Crippen molar-refractivity contribution in [2.24, 2.45) is 4.99 Å². The Labute approximate surface area is 167 Å². The molecule has 1 aliphatic rings. The number of phenolic OH excluding ortho intramolecular Hbond substituents is 1. The maximum absolute atomic E-state index is 10.1. The molecule has 0 aliphatic carbocycles. The van der Waals surface area contributed by atoms with Gasteiger partial charge in [-0.3, -0.25) is 4.99 Å². The fourth-order valence-corrected chi connectivity index (χ4v) is 3.54. The zero-order valence-corrected chi connectivity index (χ0v) is 16.8. The van der Waals surface area contributed by atoms with Gasteiger partial charge in [0.2, 0.25) is 0 Å². The van der Waals surface area contributed by atoms with Crippen molar-refractivity contribution in [1.82, 2.24) is 10.2 Å². The lowest BCUT2D eigenvalue weighted by molar-refractivity contribution is 0.336. The second-order valence-corrected chi connectivity index (χ2v) is 6.73. The first kappa shape index (κ1) is 19.9. The summed E-state index contributed by atoms with van der Waals surface area (Å²) in [5, 5.41) is 13.5. The highest BCUT2D eigenvalue weighted by molar-refractivity contribution is 5.80. The molecule has 0 saturated carbocycles. The molecule has 0 atom stereocenters. The molecule has 0 unspecified atom stereocenters. The quantitative estimate of drug-likeness (QED) is 0.594. The van der Waals surface area contributed by atoms with Gasteiger partial charge in [0.25, 0.3) is 0 Å². The summed E-state index contributed by atoms with van der Waals surface area (Å²) >= 11 is 0. The van der Waals surface area contributed by atoms with Crippen molar-refractivity contribution in [3.8, 4) is 11.5 Å². The van der Waals surface area contributed by atoms with Crippen molar-refractivity contribution in [2.45, 2.75) is 13.3 Å². The summed E-state index contributed by atoms with van der Waals surface area (Å²) in [5.74, 6) is 2.22. The lowest BCUT2D eigenvalue weighted by atomic mass is 10.1. The van der Waals surface area contributed by atoms with E-state index in [0.717, 1.165) is 56.5 Å². The van der Waals surface area contributed by atoms with Gasteiger partial charge in [-0.25, -0.2) is 0 Å². The highest BCUT2D eigenvalue weighted by atomic mass is 16.5. The van der Waals surface area contributed by atoms with E-state index in [1.165, 1.54) is 5.56 Å². The molecule has 28 heavy (non-hydrogen) atoms. The van der Waals surface area contributed by atoms with Crippen molar-refractivity contribution < 1.29 is 9.84 Å². The van der Waals surface area contributed by atoms with Crippen LogP contribution in [-0.2, 0) is 6.42 Å². The standard InChI is InChI=1S/C22H30N4O2/c1-3-28-21-11-7-4-8-18(21)12-13-24-22(23-2)26-16-14-25(15-17-26)19-9-5-6-10-20(19)27/h4-11,27H,3,12-17H2,1-2H3,(H,23,24). The third kappa shape index (κ3) is 4.88. The predicted octanol–water partition coefficient (Wildman–Crippen LogP) is 2.73. The molecule has 2 aromatic carbocycles. The van der Waals surface area contributed by atoms with Gasteiger partial charge in [0.05, 0.1) is 12.3 Å². The topological polar surface area (TPSA) is 60.3 Å². The van der Waals surface area contributed by atoms with Gasteiger partial charge in [0.15, 0.2) is 5.96 Å². The number of anilines is 1. The molecule has 6 nitrogen and oxygen atoms in total. The fraction of sp³-hybridized carbons (Fsp3) is 0.409. The predicted molar refractivity (Wildman–Crippen MR) is 115 cm³/mol. The number of guanidine groups is 1. The van der Waals surface area contributed by atoms with E-state index in [1.54, 1.807) is 6.07 Å². The normalized spacial score (nSPS) is 14.9. The molecule has 2 N–H and O–H groups in total. The zero-order valence-electron chi connectivity index (χ0n) is 16.8. The van der Waals surface area contributed by atoms with Crippen molar-refractivity contribution >= 4 is 11.6 Å². The Bertz CT molecular complexity index is 786. The summed E-state index contributed by atoms with van der Waals surface area (Å²) in [4.78, 5) is 8.94. The molecule has 0 bridgehead atoms. The van der Waals surface area contributed by atoms with E-state index in [0.29, 0.717) is 12.4 Å². The van der Waals surface area contributed by atoms with Crippen LogP contribution in [0.2, 0.25) is 0 Å². The Morgan fingerprint density at radius 3 is 2.50 bits per heavy atom. The Morgan fingerprint density at radius 1 is 1.07 bits per heavy atom. The summed E-state index contributed by atoms with van der Waals surface area (Å²) in [5.41, 5.74) is 2.11. The second kappa shape index (κ2) is 9.88. The summed E-state index contributed by atoms with van der Waals surface area (Å²) in [6, 6.07) is 15.7. The molecular formula is C22H30N4O2. The Kier molecular flexibility index (Phi) is 7.00. The Balaban J connectivity index is 1.51. The number of rotatable bonds is 6. The van der Waals surface area contributed by atoms with Gasteiger partial charge in [-0.1, -0.05) is 30.3 Å². The number of phenols is 1. The second-order valence-electron chi connectivity index (χ2n) is 6.73. The van der Waals surface area contributed by atoms with E-state index >= 15 is 0 Å². The molecule has 0 radical (unpaired) electrons. The minimum atomic E-state index is 0.339. The van der Waals surface area contributed by atoms with E-state index in [2.05, 4.69) is 26.2 Å². The van der Waals surface area contributed by atoms with Gasteiger partial charge in [-0.05, 0) is 37.1 Å². The molecule has 3 rings (SSSR count). The maximum atomic E-state index is 10.1. The van der Waals surface area contributed by atoms with Gasteiger partial charge in [0.1, 0.15) is 11.5 Å². The van der Waals surface area contributed by atoms with Crippen LogP contribution in [-0.4, -0.2) is 62.3 Å². The molecule has 0 spiro atoms. The average molecular weight is 383 g/mol. The number of ether oxygens (including phenoxy) is 1. The fourth-order valence-electron chi connectivity index (χ4n) is 3.54. The van der Waals surface area contributed by atoms with Crippen LogP contribution >= 0.6 is 0 Å². The number of aliphatic imine (C=N–C) groups is 1. The average Bonchev–Trinajstić information content (AvgIpc) is 2.73. The summed E-state index contributed by atoms with van der Waals surface area (Å²) in [7, 11) is 1.83. The SMILES string of the molecule is CCOc1ccccc1CCNC(=NC)N1CCN(c2ccccc2O)CC1. The number of hydrogen-bond donors (Lipinski definition) is 2. The molecular weight excluding hydrogens is 352 g/mol. The number of benzene rings is 2. The van der Waals surface area contributed by atoms with Crippen LogP contribution in [0.1, 0.15) is 12.5 Å². The lowest BCUT2D eigenvalue weighted by Gasteiger charge is -2.37. The van der Waals surface area contributed by atoms with E-state index in [1.807, 2.05) is 50.4 Å². The first-order valence-corrected chi connectivity index (χ1v) is 9.92. The number of piperazine rings is 1. The molecule has 1 heterocycles. The number of nitrogens with zero attached hydrogens (tertiary/aromatic N) is 3. The minimum absolute atomic E-state index is 0.339. The molecule has 0 aromatic heterocycles. The largest absolute Gasteiger partial charge is 0.506 e. The van der Waals surface area contributed by atoms with E-state index in [-0.39, 0.29) is 0 Å². The summed E-state index contributed by atoms with van der Waals surface area (Å²) in [6.07, 6.45) is 0.882.